The Morgan fingerprint density at radius 2 is 1.68 bits per heavy atom. The summed E-state index contributed by atoms with van der Waals surface area (Å²) in [5.41, 5.74) is 6.96. The molecule has 0 spiro atoms. The maximum atomic E-state index is 13.4. The molecule has 2 aromatic carbocycles. The van der Waals surface area contributed by atoms with Gasteiger partial charge in [-0.05, 0) is 48.8 Å². The zero-order valence-electron chi connectivity index (χ0n) is 20.7. The van der Waals surface area contributed by atoms with Crippen molar-refractivity contribution < 1.29 is 14.0 Å². The van der Waals surface area contributed by atoms with E-state index in [-0.39, 0.29) is 11.8 Å². The molecule has 0 atom stereocenters. The number of aryl methyl sites for hydroxylation is 1. The van der Waals surface area contributed by atoms with Crippen LogP contribution < -0.4 is 10.7 Å². The lowest BCUT2D eigenvalue weighted by atomic mass is 9.90. The zero-order valence-corrected chi connectivity index (χ0v) is 21.5. The van der Waals surface area contributed by atoms with Gasteiger partial charge in [-0.15, -0.1) is 11.3 Å². The van der Waals surface area contributed by atoms with E-state index in [1.165, 1.54) is 4.88 Å². The first-order valence-corrected chi connectivity index (χ1v) is 13.4. The van der Waals surface area contributed by atoms with Crippen molar-refractivity contribution in [3.8, 4) is 0 Å². The molecule has 2 amide bonds. The Labute approximate surface area is 220 Å². The number of carbonyl (C=O) groups is 2. The maximum absolute atomic E-state index is 13.4. The molecule has 0 fully saturated rings. The lowest BCUT2D eigenvalue weighted by Gasteiger charge is -2.18. The van der Waals surface area contributed by atoms with Crippen LogP contribution in [0.1, 0.15) is 62.2 Å². The highest BCUT2D eigenvalue weighted by Crippen LogP contribution is 2.30. The molecule has 4 aromatic rings. The second-order valence-electron chi connectivity index (χ2n) is 9.08. The van der Waals surface area contributed by atoms with Gasteiger partial charge in [-0.3, -0.25) is 9.59 Å². The molecule has 0 unspecified atom stereocenters. The minimum absolute atomic E-state index is 0.204. The van der Waals surface area contributed by atoms with Crippen molar-refractivity contribution in [2.45, 2.75) is 38.5 Å². The van der Waals surface area contributed by atoms with Crippen LogP contribution in [0.15, 0.2) is 87.7 Å². The number of nitrogens with zero attached hydrogens (tertiary/aromatic N) is 1. The van der Waals surface area contributed by atoms with Crippen molar-refractivity contribution in [3.63, 3.8) is 0 Å². The summed E-state index contributed by atoms with van der Waals surface area (Å²) in [5.74, 6) is 0.168. The fourth-order valence-corrected chi connectivity index (χ4v) is 5.51. The van der Waals surface area contributed by atoms with Crippen LogP contribution in [0.25, 0.3) is 0 Å². The van der Waals surface area contributed by atoms with E-state index in [9.17, 15) is 9.59 Å². The summed E-state index contributed by atoms with van der Waals surface area (Å²) >= 11 is 1.68. The highest BCUT2D eigenvalue weighted by Gasteiger charge is 2.29. The van der Waals surface area contributed by atoms with Gasteiger partial charge in [-0.2, -0.15) is 5.10 Å². The summed E-state index contributed by atoms with van der Waals surface area (Å²) in [7, 11) is 0. The average molecular weight is 512 g/mol. The molecule has 6 nitrogen and oxygen atoms in total. The molecule has 0 radical (unpaired) electrons. The van der Waals surface area contributed by atoms with E-state index in [1.54, 1.807) is 11.3 Å². The molecule has 2 aromatic heterocycles. The van der Waals surface area contributed by atoms with Crippen molar-refractivity contribution in [1.29, 1.82) is 0 Å². The molecular weight excluding hydrogens is 482 g/mol. The van der Waals surface area contributed by atoms with Crippen LogP contribution in [0.2, 0.25) is 0 Å². The first-order chi connectivity index (χ1) is 18.1. The Morgan fingerprint density at radius 3 is 2.32 bits per heavy atom. The molecule has 5 rings (SSSR count). The first kappa shape index (κ1) is 24.7. The van der Waals surface area contributed by atoms with Gasteiger partial charge >= 0.3 is 0 Å². The molecule has 2 heterocycles. The predicted molar refractivity (Wildman–Crippen MR) is 146 cm³/mol. The van der Waals surface area contributed by atoms with Crippen molar-refractivity contribution in [3.05, 3.63) is 117 Å². The topological polar surface area (TPSA) is 83.7 Å². The number of nitrogens with one attached hydrogen (secondary N) is 2. The zero-order chi connectivity index (χ0) is 25.6. The maximum Gasteiger partial charge on any atom is 0.287 e. The summed E-state index contributed by atoms with van der Waals surface area (Å²) in [5, 5.41) is 9.55. The standard InChI is InChI=1S/C30H29N3O3S/c1-20-26-24(15-8-16-25(26)36-28(20)30(35)31-18-17-23-14-9-19-37-23)32-33-29(34)27(21-10-4-2-5-11-21)22-12-6-3-7-13-22/h2-7,9-14,19,27H,8,15-18H2,1H3,(H,31,35)(H,33,34)/b32-24+. The minimum atomic E-state index is -0.482. The summed E-state index contributed by atoms with van der Waals surface area (Å²) in [4.78, 5) is 27.5. The molecule has 0 saturated carbocycles. The SMILES string of the molecule is Cc1c(C(=O)NCCc2cccs2)oc2c1/C(=N/NC(=O)C(c1ccccc1)c1ccccc1)CCC2. The number of hydrogen-bond donors (Lipinski definition) is 2. The Balaban J connectivity index is 1.34. The molecule has 0 aliphatic heterocycles. The van der Waals surface area contributed by atoms with E-state index >= 15 is 0 Å². The van der Waals surface area contributed by atoms with Crippen molar-refractivity contribution in [2.24, 2.45) is 5.10 Å². The van der Waals surface area contributed by atoms with Crippen LogP contribution in [-0.4, -0.2) is 24.1 Å². The van der Waals surface area contributed by atoms with Gasteiger partial charge in [0, 0.05) is 29.0 Å². The summed E-state index contributed by atoms with van der Waals surface area (Å²) in [6.45, 7) is 2.43. The fourth-order valence-electron chi connectivity index (χ4n) is 4.80. The number of benzene rings is 2. The van der Waals surface area contributed by atoms with Crippen LogP contribution >= 0.6 is 11.3 Å². The Hall–Kier alpha value is -3.97. The number of carbonyl (C=O) groups excluding carboxylic acids is 2. The number of fused-ring (bicyclic) bond motifs is 1. The molecule has 188 valence electrons. The Bertz CT molecular complexity index is 1350. The lowest BCUT2D eigenvalue weighted by Crippen LogP contribution is -2.28. The van der Waals surface area contributed by atoms with Gasteiger partial charge in [0.2, 0.25) is 0 Å². The molecular formula is C30H29N3O3S. The highest BCUT2D eigenvalue weighted by atomic mass is 32.1. The van der Waals surface area contributed by atoms with Gasteiger partial charge in [-0.25, -0.2) is 5.43 Å². The molecule has 7 heteroatoms. The number of furan rings is 1. The summed E-state index contributed by atoms with van der Waals surface area (Å²) < 4.78 is 6.01. The van der Waals surface area contributed by atoms with E-state index in [2.05, 4.69) is 21.9 Å². The van der Waals surface area contributed by atoms with E-state index in [4.69, 9.17) is 4.42 Å². The van der Waals surface area contributed by atoms with Crippen LogP contribution in [-0.2, 0) is 17.6 Å². The number of thiophene rings is 1. The second-order valence-corrected chi connectivity index (χ2v) is 10.1. The highest BCUT2D eigenvalue weighted by molar-refractivity contribution is 7.09. The third kappa shape index (κ3) is 5.57. The van der Waals surface area contributed by atoms with Crippen LogP contribution in [0, 0.1) is 6.92 Å². The monoisotopic (exact) mass is 511 g/mol. The van der Waals surface area contributed by atoms with Crippen molar-refractivity contribution in [1.82, 2.24) is 10.7 Å². The molecule has 37 heavy (non-hydrogen) atoms. The van der Waals surface area contributed by atoms with Gasteiger partial charge in [0.05, 0.1) is 11.6 Å². The smallest absolute Gasteiger partial charge is 0.287 e. The fraction of sp³-hybridized carbons (Fsp3) is 0.233. The lowest BCUT2D eigenvalue weighted by molar-refractivity contribution is -0.121. The van der Waals surface area contributed by atoms with Gasteiger partial charge in [0.1, 0.15) is 5.76 Å². The summed E-state index contributed by atoms with van der Waals surface area (Å²) in [6.07, 6.45) is 3.07. The van der Waals surface area contributed by atoms with Crippen LogP contribution in [0.3, 0.4) is 0 Å². The van der Waals surface area contributed by atoms with Gasteiger partial charge in [0.15, 0.2) is 5.76 Å². The largest absolute Gasteiger partial charge is 0.455 e. The number of hydrogen-bond acceptors (Lipinski definition) is 5. The molecule has 1 aliphatic rings. The first-order valence-electron chi connectivity index (χ1n) is 12.5. The number of hydrazone groups is 1. The van der Waals surface area contributed by atoms with E-state index in [1.807, 2.05) is 79.0 Å². The van der Waals surface area contributed by atoms with Gasteiger partial charge < -0.3 is 9.73 Å². The minimum Gasteiger partial charge on any atom is -0.455 e. The van der Waals surface area contributed by atoms with E-state index < -0.39 is 5.92 Å². The molecule has 0 bridgehead atoms. The van der Waals surface area contributed by atoms with Gasteiger partial charge in [-0.1, -0.05) is 66.7 Å². The molecule has 1 aliphatic carbocycles. The normalized spacial score (nSPS) is 13.9. The van der Waals surface area contributed by atoms with Crippen molar-refractivity contribution >= 4 is 28.9 Å². The van der Waals surface area contributed by atoms with Crippen LogP contribution in [0.5, 0.6) is 0 Å². The van der Waals surface area contributed by atoms with Gasteiger partial charge in [0.25, 0.3) is 11.8 Å². The van der Waals surface area contributed by atoms with E-state index in [0.29, 0.717) is 18.7 Å². The van der Waals surface area contributed by atoms with Crippen LogP contribution in [0.4, 0.5) is 0 Å². The van der Waals surface area contributed by atoms with Crippen molar-refractivity contribution in [2.75, 3.05) is 6.54 Å². The second kappa shape index (κ2) is 11.4. The quantitative estimate of drug-likeness (QED) is 0.302. The number of rotatable bonds is 8. The predicted octanol–water partition coefficient (Wildman–Crippen LogP) is 5.61. The van der Waals surface area contributed by atoms with E-state index in [0.717, 1.165) is 53.0 Å². The number of amides is 2. The average Bonchev–Trinajstić information content (AvgIpc) is 3.57. The summed E-state index contributed by atoms with van der Waals surface area (Å²) in [6, 6.07) is 23.5. The molecule has 2 N–H and O–H groups in total. The third-order valence-corrected chi connectivity index (χ3v) is 7.53. The Kier molecular flexibility index (Phi) is 7.61. The third-order valence-electron chi connectivity index (χ3n) is 6.60. The molecule has 0 saturated heterocycles. The Morgan fingerprint density at radius 1 is 0.973 bits per heavy atom.